The van der Waals surface area contributed by atoms with Crippen LogP contribution in [0.1, 0.15) is 16.7 Å². The average Bonchev–Trinajstić information content (AvgIpc) is 2.41. The van der Waals surface area contributed by atoms with Gasteiger partial charge in [0.25, 0.3) is 0 Å². The van der Waals surface area contributed by atoms with Crippen LogP contribution in [0.5, 0.6) is 0 Å². The van der Waals surface area contributed by atoms with Gasteiger partial charge in [-0.05, 0) is 52.7 Å². The van der Waals surface area contributed by atoms with Crippen LogP contribution in [0.2, 0.25) is 0 Å². The number of halogens is 1. The fourth-order valence-electron chi connectivity index (χ4n) is 1.57. The topological polar surface area (TPSA) is 72.5 Å². The molecule has 0 unspecified atom stereocenters. The van der Waals surface area contributed by atoms with Crippen LogP contribution in [-0.4, -0.2) is 4.98 Å². The van der Waals surface area contributed by atoms with E-state index in [2.05, 4.69) is 26.2 Å². The number of hydrogen-bond donors (Lipinski definition) is 1. The van der Waals surface area contributed by atoms with Crippen molar-refractivity contribution in [1.29, 1.82) is 10.5 Å². The molecular formula is C14H9BrN4. The minimum absolute atomic E-state index is 0.343. The second-order valence-corrected chi connectivity index (χ2v) is 4.81. The molecule has 0 spiro atoms. The SMILES string of the molecule is Cc1cnc(Nc2ccc(C#N)c(C#N)c2)c(Br)c1. The molecule has 1 N–H and O–H groups in total. The fraction of sp³-hybridized carbons (Fsp3) is 0.0714. The summed E-state index contributed by atoms with van der Waals surface area (Å²) < 4.78 is 0.843. The lowest BCUT2D eigenvalue weighted by molar-refractivity contribution is 1.24. The van der Waals surface area contributed by atoms with Crippen molar-refractivity contribution in [3.8, 4) is 12.1 Å². The molecule has 0 radical (unpaired) electrons. The molecule has 0 bridgehead atoms. The molecule has 0 atom stereocenters. The molecule has 92 valence electrons. The molecule has 5 heteroatoms. The van der Waals surface area contributed by atoms with Crippen molar-refractivity contribution in [2.24, 2.45) is 0 Å². The zero-order chi connectivity index (χ0) is 13.8. The van der Waals surface area contributed by atoms with Crippen molar-refractivity contribution in [1.82, 2.24) is 4.98 Å². The van der Waals surface area contributed by atoms with E-state index in [1.165, 1.54) is 0 Å². The summed E-state index contributed by atoms with van der Waals surface area (Å²) >= 11 is 3.43. The van der Waals surface area contributed by atoms with E-state index in [1.54, 1.807) is 24.4 Å². The maximum absolute atomic E-state index is 8.98. The molecule has 19 heavy (non-hydrogen) atoms. The summed E-state index contributed by atoms with van der Waals surface area (Å²) in [6.45, 7) is 1.96. The Morgan fingerprint density at radius 2 is 1.89 bits per heavy atom. The van der Waals surface area contributed by atoms with Gasteiger partial charge in [-0.3, -0.25) is 0 Å². The Morgan fingerprint density at radius 1 is 1.16 bits per heavy atom. The first-order valence-electron chi connectivity index (χ1n) is 5.47. The minimum Gasteiger partial charge on any atom is -0.339 e. The summed E-state index contributed by atoms with van der Waals surface area (Å²) in [5.41, 5.74) is 2.47. The Labute approximate surface area is 119 Å². The number of anilines is 2. The number of rotatable bonds is 2. The van der Waals surface area contributed by atoms with E-state index in [4.69, 9.17) is 10.5 Å². The van der Waals surface area contributed by atoms with Crippen molar-refractivity contribution in [2.75, 3.05) is 5.32 Å². The zero-order valence-corrected chi connectivity index (χ0v) is 11.7. The number of nitrogens with one attached hydrogen (secondary N) is 1. The Morgan fingerprint density at radius 3 is 2.53 bits per heavy atom. The van der Waals surface area contributed by atoms with Crippen molar-refractivity contribution in [2.45, 2.75) is 6.92 Å². The molecule has 2 aromatic rings. The summed E-state index contributed by atoms with van der Waals surface area (Å²) in [4.78, 5) is 4.27. The Kier molecular flexibility index (Phi) is 3.79. The number of aromatic nitrogens is 1. The van der Waals surface area contributed by atoms with Gasteiger partial charge in [0, 0.05) is 11.9 Å². The first-order valence-corrected chi connectivity index (χ1v) is 6.27. The number of hydrogen-bond acceptors (Lipinski definition) is 4. The third kappa shape index (κ3) is 2.90. The van der Waals surface area contributed by atoms with E-state index < -0.39 is 0 Å². The molecule has 1 aromatic heterocycles. The minimum atomic E-state index is 0.343. The molecule has 0 amide bonds. The number of pyridine rings is 1. The molecule has 0 saturated carbocycles. The van der Waals surface area contributed by atoms with E-state index in [-0.39, 0.29) is 0 Å². The van der Waals surface area contributed by atoms with Gasteiger partial charge in [0.1, 0.15) is 18.0 Å². The quantitative estimate of drug-likeness (QED) is 0.918. The molecule has 0 aliphatic rings. The number of nitriles is 2. The molecule has 0 aliphatic heterocycles. The molecule has 2 rings (SSSR count). The average molecular weight is 313 g/mol. The van der Waals surface area contributed by atoms with Crippen molar-refractivity contribution >= 4 is 27.4 Å². The van der Waals surface area contributed by atoms with Crippen LogP contribution in [0, 0.1) is 29.6 Å². The Bertz CT molecular complexity index is 710. The highest BCUT2D eigenvalue weighted by Crippen LogP contribution is 2.25. The summed E-state index contributed by atoms with van der Waals surface area (Å²) in [5.74, 6) is 0.666. The van der Waals surface area contributed by atoms with Crippen LogP contribution < -0.4 is 5.32 Å². The summed E-state index contributed by atoms with van der Waals surface area (Å²) in [7, 11) is 0. The zero-order valence-electron chi connectivity index (χ0n) is 10.1. The monoisotopic (exact) mass is 312 g/mol. The number of nitrogens with zero attached hydrogens (tertiary/aromatic N) is 3. The van der Waals surface area contributed by atoms with E-state index in [0.717, 1.165) is 10.0 Å². The van der Waals surface area contributed by atoms with E-state index in [1.807, 2.05) is 25.1 Å². The second kappa shape index (κ2) is 5.51. The van der Waals surface area contributed by atoms with Crippen LogP contribution in [0.4, 0.5) is 11.5 Å². The van der Waals surface area contributed by atoms with E-state index >= 15 is 0 Å². The first-order chi connectivity index (χ1) is 9.13. The van der Waals surface area contributed by atoms with Gasteiger partial charge in [-0.2, -0.15) is 10.5 Å². The predicted octanol–water partition coefficient (Wildman–Crippen LogP) is 3.64. The third-order valence-electron chi connectivity index (χ3n) is 2.50. The van der Waals surface area contributed by atoms with Gasteiger partial charge in [-0.1, -0.05) is 0 Å². The lowest BCUT2D eigenvalue weighted by Gasteiger charge is -2.08. The summed E-state index contributed by atoms with van der Waals surface area (Å²) in [6.07, 6.45) is 1.75. The maximum atomic E-state index is 8.98. The van der Waals surface area contributed by atoms with Gasteiger partial charge in [0.05, 0.1) is 15.6 Å². The van der Waals surface area contributed by atoms with Crippen molar-refractivity contribution < 1.29 is 0 Å². The van der Waals surface area contributed by atoms with Gasteiger partial charge < -0.3 is 5.32 Å². The van der Waals surface area contributed by atoms with E-state index in [0.29, 0.717) is 22.6 Å². The molecular weight excluding hydrogens is 304 g/mol. The van der Waals surface area contributed by atoms with Crippen molar-refractivity contribution in [3.63, 3.8) is 0 Å². The first kappa shape index (κ1) is 13.1. The van der Waals surface area contributed by atoms with Gasteiger partial charge >= 0.3 is 0 Å². The summed E-state index contributed by atoms with van der Waals surface area (Å²) in [6, 6.07) is 10.9. The molecule has 0 aliphatic carbocycles. The lowest BCUT2D eigenvalue weighted by atomic mass is 10.1. The van der Waals surface area contributed by atoms with Gasteiger partial charge in [0.2, 0.25) is 0 Å². The highest BCUT2D eigenvalue weighted by molar-refractivity contribution is 9.10. The molecule has 1 aromatic carbocycles. The number of aryl methyl sites for hydroxylation is 1. The Balaban J connectivity index is 2.34. The maximum Gasteiger partial charge on any atom is 0.144 e. The van der Waals surface area contributed by atoms with Crippen molar-refractivity contribution in [3.05, 3.63) is 51.6 Å². The molecule has 4 nitrogen and oxygen atoms in total. The van der Waals surface area contributed by atoms with Crippen LogP contribution in [0.15, 0.2) is 34.9 Å². The highest BCUT2D eigenvalue weighted by atomic mass is 79.9. The normalized spacial score (nSPS) is 9.47. The third-order valence-corrected chi connectivity index (χ3v) is 3.11. The van der Waals surface area contributed by atoms with Crippen LogP contribution in [-0.2, 0) is 0 Å². The molecule has 0 fully saturated rings. The molecule has 0 saturated heterocycles. The molecule has 1 heterocycles. The highest BCUT2D eigenvalue weighted by Gasteiger charge is 2.06. The van der Waals surface area contributed by atoms with Crippen LogP contribution in [0.25, 0.3) is 0 Å². The van der Waals surface area contributed by atoms with Crippen LogP contribution in [0.3, 0.4) is 0 Å². The van der Waals surface area contributed by atoms with Gasteiger partial charge in [-0.15, -0.1) is 0 Å². The van der Waals surface area contributed by atoms with E-state index in [9.17, 15) is 0 Å². The lowest BCUT2D eigenvalue weighted by Crippen LogP contribution is -1.96. The standard InChI is InChI=1S/C14H9BrN4/c1-9-4-13(15)14(18-8-9)19-12-3-2-10(6-16)11(5-12)7-17/h2-5,8H,1H3,(H,18,19). The smallest absolute Gasteiger partial charge is 0.144 e. The van der Waals surface area contributed by atoms with Crippen LogP contribution >= 0.6 is 15.9 Å². The Hall–Kier alpha value is -2.37. The van der Waals surface area contributed by atoms with Gasteiger partial charge in [0.15, 0.2) is 0 Å². The number of benzene rings is 1. The van der Waals surface area contributed by atoms with Gasteiger partial charge in [-0.25, -0.2) is 4.98 Å². The fourth-order valence-corrected chi connectivity index (χ4v) is 2.14. The summed E-state index contributed by atoms with van der Waals surface area (Å²) in [5, 5.41) is 20.9. The largest absolute Gasteiger partial charge is 0.339 e. The second-order valence-electron chi connectivity index (χ2n) is 3.95. The predicted molar refractivity (Wildman–Crippen MR) is 75.8 cm³/mol.